The number of carbonyl (C=O) groups excluding carboxylic acids is 1. The minimum absolute atomic E-state index is 0.145. The molecule has 0 aliphatic heterocycles. The van der Waals surface area contributed by atoms with Crippen LogP contribution in [0.3, 0.4) is 0 Å². The van der Waals surface area contributed by atoms with Crippen molar-refractivity contribution in [1.82, 2.24) is 4.98 Å². The Balaban J connectivity index is 1.98. The van der Waals surface area contributed by atoms with Crippen LogP contribution in [0.5, 0.6) is 11.5 Å². The maximum Gasteiger partial charge on any atom is 0.286 e. The monoisotopic (exact) mass is 437 g/mol. The number of nitrogens with one attached hydrogen (secondary N) is 1. The Morgan fingerprint density at radius 3 is 2.58 bits per heavy atom. The van der Waals surface area contributed by atoms with Crippen molar-refractivity contribution in [1.29, 1.82) is 0 Å². The second kappa shape index (κ2) is 7.26. The third-order valence-electron chi connectivity index (χ3n) is 3.51. The van der Waals surface area contributed by atoms with E-state index in [2.05, 4.69) is 26.2 Å². The summed E-state index contributed by atoms with van der Waals surface area (Å²) in [6, 6.07) is 7.96. The summed E-state index contributed by atoms with van der Waals surface area (Å²) in [5.41, 5.74) is 0.187. The second-order valence-corrected chi connectivity index (χ2v) is 7.01. The Bertz CT molecular complexity index is 1020. The molecule has 0 atom stereocenters. The summed E-state index contributed by atoms with van der Waals surface area (Å²) in [4.78, 5) is 27.6. The van der Waals surface area contributed by atoms with Crippen LogP contribution < -0.4 is 14.8 Å². The van der Waals surface area contributed by atoms with Crippen LogP contribution in [0, 0.1) is 10.1 Å². The number of amides is 1. The molecule has 1 aromatic heterocycles. The average Bonchev–Trinajstić information content (AvgIpc) is 3.01. The predicted molar refractivity (Wildman–Crippen MR) is 101 cm³/mol. The minimum atomic E-state index is -0.657. The van der Waals surface area contributed by atoms with Gasteiger partial charge in [-0.15, -0.1) is 0 Å². The molecule has 26 heavy (non-hydrogen) atoms. The van der Waals surface area contributed by atoms with Crippen molar-refractivity contribution in [2.24, 2.45) is 0 Å². The van der Waals surface area contributed by atoms with Gasteiger partial charge in [0.2, 0.25) is 0 Å². The van der Waals surface area contributed by atoms with Gasteiger partial charge in [-0.1, -0.05) is 27.3 Å². The zero-order valence-electron chi connectivity index (χ0n) is 13.6. The molecule has 0 radical (unpaired) electrons. The van der Waals surface area contributed by atoms with Gasteiger partial charge in [0.25, 0.3) is 11.6 Å². The molecule has 0 aliphatic rings. The van der Waals surface area contributed by atoms with Crippen LogP contribution in [0.25, 0.3) is 10.2 Å². The number of nitrogens with zero attached hydrogens (tertiary/aromatic N) is 2. The highest BCUT2D eigenvalue weighted by Gasteiger charge is 2.25. The van der Waals surface area contributed by atoms with E-state index in [4.69, 9.17) is 9.47 Å². The Kier molecular flexibility index (Phi) is 5.05. The van der Waals surface area contributed by atoms with E-state index in [0.717, 1.165) is 20.8 Å². The molecular weight excluding hydrogens is 426 g/mol. The number of ether oxygens (including phenoxy) is 2. The third-order valence-corrected chi connectivity index (χ3v) is 4.94. The molecular formula is C16H12BrN3O5S. The van der Waals surface area contributed by atoms with Gasteiger partial charge in [-0.2, -0.15) is 0 Å². The second-order valence-electron chi connectivity index (χ2n) is 5.07. The van der Waals surface area contributed by atoms with Gasteiger partial charge in [-0.3, -0.25) is 20.2 Å². The number of halogens is 1. The molecule has 8 nitrogen and oxygen atoms in total. The highest BCUT2D eigenvalue weighted by Crippen LogP contribution is 2.35. The van der Waals surface area contributed by atoms with E-state index < -0.39 is 10.8 Å². The van der Waals surface area contributed by atoms with Crippen molar-refractivity contribution in [2.75, 3.05) is 19.5 Å². The number of nitro groups is 1. The molecule has 0 spiro atoms. The number of rotatable bonds is 5. The molecule has 0 unspecified atom stereocenters. The molecule has 0 saturated heterocycles. The van der Waals surface area contributed by atoms with Gasteiger partial charge in [0.15, 0.2) is 16.6 Å². The first-order valence-electron chi connectivity index (χ1n) is 7.20. The van der Waals surface area contributed by atoms with Crippen molar-refractivity contribution in [3.05, 3.63) is 50.5 Å². The van der Waals surface area contributed by atoms with E-state index in [1.807, 2.05) is 18.2 Å². The standard InChI is InChI=1S/C16H12BrN3O5S/c1-24-12-6-9(11(20(22)23)7-13(12)25-2)15(21)19-16-18-10-4-3-8(17)5-14(10)26-16/h3-7H,1-2H3,(H,18,19,21). The Morgan fingerprint density at radius 2 is 1.92 bits per heavy atom. The van der Waals surface area contributed by atoms with Crippen LogP contribution in [0.4, 0.5) is 10.8 Å². The lowest BCUT2D eigenvalue weighted by Gasteiger charge is -2.10. The molecule has 0 fully saturated rings. The minimum Gasteiger partial charge on any atom is -0.493 e. The Hall–Kier alpha value is -2.72. The van der Waals surface area contributed by atoms with Crippen LogP contribution >= 0.6 is 27.3 Å². The number of nitro benzene ring substituents is 1. The lowest BCUT2D eigenvalue weighted by molar-refractivity contribution is -0.385. The van der Waals surface area contributed by atoms with Crippen LogP contribution in [-0.2, 0) is 0 Å². The molecule has 3 rings (SSSR count). The van der Waals surface area contributed by atoms with E-state index in [0.29, 0.717) is 5.13 Å². The molecule has 134 valence electrons. The molecule has 10 heteroatoms. The number of hydrogen-bond donors (Lipinski definition) is 1. The fourth-order valence-corrected chi connectivity index (χ4v) is 3.73. The average molecular weight is 438 g/mol. The molecule has 0 bridgehead atoms. The summed E-state index contributed by atoms with van der Waals surface area (Å²) in [7, 11) is 2.75. The SMILES string of the molecule is COc1cc(C(=O)Nc2nc3ccc(Br)cc3s2)c([N+](=O)[O-])cc1OC. The van der Waals surface area contributed by atoms with Crippen LogP contribution in [0.15, 0.2) is 34.8 Å². The summed E-state index contributed by atoms with van der Waals surface area (Å²) >= 11 is 4.64. The molecule has 2 aromatic carbocycles. The zero-order valence-corrected chi connectivity index (χ0v) is 16.0. The first kappa shape index (κ1) is 18.1. The fraction of sp³-hybridized carbons (Fsp3) is 0.125. The molecule has 0 saturated carbocycles. The highest BCUT2D eigenvalue weighted by atomic mass is 79.9. The number of methoxy groups -OCH3 is 2. The molecule has 1 N–H and O–H groups in total. The maximum atomic E-state index is 12.6. The molecule has 3 aromatic rings. The lowest BCUT2D eigenvalue weighted by atomic mass is 10.1. The number of anilines is 1. The van der Waals surface area contributed by atoms with Crippen molar-refractivity contribution >= 4 is 54.2 Å². The normalized spacial score (nSPS) is 10.6. The first-order valence-corrected chi connectivity index (χ1v) is 8.81. The summed E-state index contributed by atoms with van der Waals surface area (Å²) in [6.07, 6.45) is 0. The highest BCUT2D eigenvalue weighted by molar-refractivity contribution is 9.10. The number of benzene rings is 2. The number of thiazole rings is 1. The molecule has 0 aliphatic carbocycles. The largest absolute Gasteiger partial charge is 0.493 e. The number of hydrogen-bond acceptors (Lipinski definition) is 7. The summed E-state index contributed by atoms with van der Waals surface area (Å²) < 4.78 is 11.9. The van der Waals surface area contributed by atoms with Gasteiger partial charge in [0, 0.05) is 10.5 Å². The zero-order chi connectivity index (χ0) is 18.8. The van der Waals surface area contributed by atoms with Gasteiger partial charge >= 0.3 is 0 Å². The van der Waals surface area contributed by atoms with E-state index >= 15 is 0 Å². The van der Waals surface area contributed by atoms with Gasteiger partial charge in [-0.25, -0.2) is 4.98 Å². The van der Waals surface area contributed by atoms with Gasteiger partial charge < -0.3 is 9.47 Å². The molecule has 1 amide bonds. The van der Waals surface area contributed by atoms with E-state index in [1.165, 1.54) is 31.6 Å². The number of carbonyl (C=O) groups is 1. The Labute approximate surface area is 160 Å². The van der Waals surface area contributed by atoms with E-state index in [-0.39, 0.29) is 22.7 Å². The third kappa shape index (κ3) is 3.46. The number of aromatic nitrogens is 1. The van der Waals surface area contributed by atoms with Gasteiger partial charge in [0.05, 0.1) is 35.4 Å². The predicted octanol–water partition coefficient (Wildman–Crippen LogP) is 4.24. The lowest BCUT2D eigenvalue weighted by Crippen LogP contribution is -2.14. The van der Waals surface area contributed by atoms with Crippen molar-refractivity contribution in [3.8, 4) is 11.5 Å². The van der Waals surface area contributed by atoms with Gasteiger partial charge in [-0.05, 0) is 18.2 Å². The molecule has 1 heterocycles. The van der Waals surface area contributed by atoms with Gasteiger partial charge in [0.1, 0.15) is 5.56 Å². The van der Waals surface area contributed by atoms with Crippen molar-refractivity contribution in [3.63, 3.8) is 0 Å². The van der Waals surface area contributed by atoms with Crippen molar-refractivity contribution in [2.45, 2.75) is 0 Å². The van der Waals surface area contributed by atoms with Crippen LogP contribution in [-0.4, -0.2) is 30.0 Å². The summed E-state index contributed by atoms with van der Waals surface area (Å²) in [5, 5.41) is 14.3. The van der Waals surface area contributed by atoms with Crippen LogP contribution in [0.2, 0.25) is 0 Å². The topological polar surface area (TPSA) is 104 Å². The van der Waals surface area contributed by atoms with Crippen LogP contribution in [0.1, 0.15) is 10.4 Å². The Morgan fingerprint density at radius 1 is 1.23 bits per heavy atom. The van der Waals surface area contributed by atoms with Crippen molar-refractivity contribution < 1.29 is 19.2 Å². The van der Waals surface area contributed by atoms with E-state index in [9.17, 15) is 14.9 Å². The summed E-state index contributed by atoms with van der Waals surface area (Å²) in [5.74, 6) is -0.271. The van der Waals surface area contributed by atoms with E-state index in [1.54, 1.807) is 0 Å². The fourth-order valence-electron chi connectivity index (χ4n) is 2.32. The summed E-state index contributed by atoms with van der Waals surface area (Å²) in [6.45, 7) is 0. The quantitative estimate of drug-likeness (QED) is 0.472. The smallest absolute Gasteiger partial charge is 0.286 e. The first-order chi connectivity index (χ1) is 12.4. The number of fused-ring (bicyclic) bond motifs is 1. The maximum absolute atomic E-state index is 12.6.